The van der Waals surface area contributed by atoms with E-state index in [0.717, 1.165) is 42.0 Å². The van der Waals surface area contributed by atoms with Crippen molar-refractivity contribution in [2.24, 2.45) is 0 Å². The molecule has 1 aliphatic carbocycles. The summed E-state index contributed by atoms with van der Waals surface area (Å²) >= 11 is 0. The maximum Gasteiger partial charge on any atom is 0.325 e. The Bertz CT molecular complexity index is 733. The van der Waals surface area contributed by atoms with Crippen molar-refractivity contribution in [1.82, 2.24) is 20.4 Å². The first-order valence-corrected chi connectivity index (χ1v) is 8.83. The summed E-state index contributed by atoms with van der Waals surface area (Å²) in [5.41, 5.74) is 0.957. The minimum Gasteiger partial charge on any atom is -0.340 e. The fraction of sp³-hybridized carbons (Fsp3) is 0.500. The van der Waals surface area contributed by atoms with Crippen LogP contribution in [0.3, 0.4) is 0 Å². The molecule has 4 rings (SSSR count). The molecule has 2 aliphatic heterocycles. The van der Waals surface area contributed by atoms with Crippen molar-refractivity contribution >= 4 is 30.3 Å². The lowest BCUT2D eigenvalue weighted by Crippen LogP contribution is -2.45. The van der Waals surface area contributed by atoms with Crippen molar-refractivity contribution in [3.8, 4) is 0 Å². The molecule has 0 bridgehead atoms. The SMILES string of the molecule is Cl.O=C(CN1C(=O)NC2(CCc3ccccc32)C1=O)N1CCCNCC1. The molecule has 140 valence electrons. The third kappa shape index (κ3) is 2.95. The molecule has 1 atom stereocenters. The van der Waals surface area contributed by atoms with Crippen LogP contribution in [0, 0.1) is 0 Å². The van der Waals surface area contributed by atoms with Gasteiger partial charge >= 0.3 is 6.03 Å². The molecule has 2 N–H and O–H groups in total. The van der Waals surface area contributed by atoms with Gasteiger partial charge in [0.05, 0.1) is 0 Å². The van der Waals surface area contributed by atoms with Crippen LogP contribution in [0.15, 0.2) is 24.3 Å². The van der Waals surface area contributed by atoms with Crippen LogP contribution in [0.25, 0.3) is 0 Å². The molecule has 2 fully saturated rings. The Morgan fingerprint density at radius 3 is 2.81 bits per heavy atom. The van der Waals surface area contributed by atoms with Crippen LogP contribution in [0.2, 0.25) is 0 Å². The minimum atomic E-state index is -0.992. The Hall–Kier alpha value is -2.12. The molecule has 2 saturated heterocycles. The number of aryl methyl sites for hydroxylation is 1. The van der Waals surface area contributed by atoms with Crippen LogP contribution in [0.4, 0.5) is 4.79 Å². The first-order valence-electron chi connectivity index (χ1n) is 8.83. The number of carbonyl (C=O) groups is 3. The van der Waals surface area contributed by atoms with Crippen LogP contribution >= 0.6 is 12.4 Å². The van der Waals surface area contributed by atoms with Crippen LogP contribution in [0.1, 0.15) is 24.0 Å². The van der Waals surface area contributed by atoms with E-state index in [0.29, 0.717) is 19.5 Å². The number of urea groups is 1. The smallest absolute Gasteiger partial charge is 0.325 e. The van der Waals surface area contributed by atoms with E-state index in [1.165, 1.54) is 0 Å². The van der Waals surface area contributed by atoms with Gasteiger partial charge in [0.25, 0.3) is 5.91 Å². The standard InChI is InChI=1S/C18H22N4O3.ClH/c23-15(21-10-3-8-19-9-11-21)12-22-16(24)18(20-17(22)25)7-6-13-4-1-2-5-14(13)18;/h1-2,4-5,19H,3,6-12H2,(H,20,25);1H. The molecule has 1 unspecified atom stereocenters. The number of nitrogens with one attached hydrogen (secondary N) is 2. The van der Waals surface area contributed by atoms with Gasteiger partial charge in [0.15, 0.2) is 0 Å². The molecule has 2 heterocycles. The zero-order valence-corrected chi connectivity index (χ0v) is 15.3. The Kier molecular flexibility index (Phi) is 5.20. The summed E-state index contributed by atoms with van der Waals surface area (Å²) in [4.78, 5) is 40.9. The highest BCUT2D eigenvalue weighted by Crippen LogP contribution is 2.41. The second-order valence-corrected chi connectivity index (χ2v) is 6.87. The van der Waals surface area contributed by atoms with Gasteiger partial charge in [-0.05, 0) is 36.9 Å². The van der Waals surface area contributed by atoms with E-state index < -0.39 is 11.6 Å². The van der Waals surface area contributed by atoms with Crippen molar-refractivity contribution in [3.63, 3.8) is 0 Å². The molecule has 4 amide bonds. The fourth-order valence-corrected chi connectivity index (χ4v) is 4.06. The van der Waals surface area contributed by atoms with E-state index in [4.69, 9.17) is 0 Å². The number of carbonyl (C=O) groups excluding carboxylic acids is 3. The fourth-order valence-electron chi connectivity index (χ4n) is 4.06. The average Bonchev–Trinajstić information content (AvgIpc) is 2.94. The summed E-state index contributed by atoms with van der Waals surface area (Å²) in [7, 11) is 0. The van der Waals surface area contributed by atoms with Gasteiger partial charge in [-0.15, -0.1) is 12.4 Å². The predicted molar refractivity (Wildman–Crippen MR) is 98.0 cm³/mol. The largest absolute Gasteiger partial charge is 0.340 e. The molecule has 8 heteroatoms. The van der Waals surface area contributed by atoms with Gasteiger partial charge in [-0.2, -0.15) is 0 Å². The molecule has 3 aliphatic rings. The lowest BCUT2D eigenvalue weighted by atomic mass is 9.92. The van der Waals surface area contributed by atoms with Gasteiger partial charge in [0, 0.05) is 19.6 Å². The van der Waals surface area contributed by atoms with E-state index in [1.54, 1.807) is 4.90 Å². The van der Waals surface area contributed by atoms with Gasteiger partial charge in [-0.1, -0.05) is 24.3 Å². The van der Waals surface area contributed by atoms with Crippen molar-refractivity contribution in [3.05, 3.63) is 35.4 Å². The van der Waals surface area contributed by atoms with Crippen LogP contribution < -0.4 is 10.6 Å². The molecular formula is C18H23ClN4O3. The molecular weight excluding hydrogens is 356 g/mol. The number of rotatable bonds is 2. The van der Waals surface area contributed by atoms with E-state index in [-0.39, 0.29) is 30.8 Å². The van der Waals surface area contributed by atoms with Crippen LogP contribution in [-0.4, -0.2) is 60.4 Å². The number of benzene rings is 1. The maximum absolute atomic E-state index is 13.0. The highest BCUT2D eigenvalue weighted by atomic mass is 35.5. The summed E-state index contributed by atoms with van der Waals surface area (Å²) in [6.45, 7) is 2.70. The topological polar surface area (TPSA) is 81.8 Å². The quantitative estimate of drug-likeness (QED) is 0.739. The lowest BCUT2D eigenvalue weighted by molar-refractivity contribution is -0.139. The van der Waals surface area contributed by atoms with Gasteiger partial charge in [-0.3, -0.25) is 14.5 Å². The molecule has 0 aromatic heterocycles. The van der Waals surface area contributed by atoms with Crippen LogP contribution in [-0.2, 0) is 21.5 Å². The minimum absolute atomic E-state index is 0. The second-order valence-electron chi connectivity index (χ2n) is 6.87. The monoisotopic (exact) mass is 378 g/mol. The third-order valence-corrected chi connectivity index (χ3v) is 5.41. The van der Waals surface area contributed by atoms with E-state index in [2.05, 4.69) is 10.6 Å². The molecule has 1 aromatic rings. The zero-order valence-electron chi connectivity index (χ0n) is 14.5. The first kappa shape index (κ1) is 18.7. The number of hydrogen-bond acceptors (Lipinski definition) is 4. The Morgan fingerprint density at radius 2 is 1.96 bits per heavy atom. The predicted octanol–water partition coefficient (Wildman–Crippen LogP) is 0.624. The molecule has 26 heavy (non-hydrogen) atoms. The van der Waals surface area contributed by atoms with Gasteiger partial charge in [-0.25, -0.2) is 4.79 Å². The van der Waals surface area contributed by atoms with Gasteiger partial charge in [0.2, 0.25) is 5.91 Å². The highest BCUT2D eigenvalue weighted by Gasteiger charge is 2.55. The second kappa shape index (κ2) is 7.25. The number of imide groups is 1. The number of halogens is 1. The van der Waals surface area contributed by atoms with E-state index in [1.807, 2.05) is 24.3 Å². The van der Waals surface area contributed by atoms with Crippen molar-refractivity contribution in [2.45, 2.75) is 24.8 Å². The number of nitrogens with zero attached hydrogens (tertiary/aromatic N) is 2. The lowest BCUT2D eigenvalue weighted by Gasteiger charge is -2.24. The average molecular weight is 379 g/mol. The van der Waals surface area contributed by atoms with E-state index in [9.17, 15) is 14.4 Å². The number of fused-ring (bicyclic) bond motifs is 2. The Morgan fingerprint density at radius 1 is 1.15 bits per heavy atom. The van der Waals surface area contributed by atoms with E-state index >= 15 is 0 Å². The Labute approximate surface area is 158 Å². The van der Waals surface area contributed by atoms with Gasteiger partial charge in [0.1, 0.15) is 12.1 Å². The summed E-state index contributed by atoms with van der Waals surface area (Å²) in [5, 5.41) is 6.10. The molecule has 1 aromatic carbocycles. The Balaban J connectivity index is 0.00000196. The van der Waals surface area contributed by atoms with Crippen molar-refractivity contribution in [1.29, 1.82) is 0 Å². The van der Waals surface area contributed by atoms with Crippen LogP contribution in [0.5, 0.6) is 0 Å². The normalized spacial score (nSPS) is 24.9. The van der Waals surface area contributed by atoms with Crippen molar-refractivity contribution < 1.29 is 14.4 Å². The van der Waals surface area contributed by atoms with Crippen molar-refractivity contribution in [2.75, 3.05) is 32.7 Å². The molecule has 0 saturated carbocycles. The molecule has 7 nitrogen and oxygen atoms in total. The first-order chi connectivity index (χ1) is 12.1. The summed E-state index contributed by atoms with van der Waals surface area (Å²) in [6.07, 6.45) is 2.18. The summed E-state index contributed by atoms with van der Waals surface area (Å²) in [6, 6.07) is 7.23. The summed E-state index contributed by atoms with van der Waals surface area (Å²) in [5.74, 6) is -0.473. The molecule has 0 radical (unpaired) electrons. The zero-order chi connectivity index (χ0) is 17.4. The number of amides is 4. The molecule has 1 spiro atoms. The maximum atomic E-state index is 13.0. The third-order valence-electron chi connectivity index (χ3n) is 5.41. The van der Waals surface area contributed by atoms with Gasteiger partial charge < -0.3 is 15.5 Å². The highest BCUT2D eigenvalue weighted by molar-refractivity contribution is 6.09. The number of hydrogen-bond donors (Lipinski definition) is 2. The summed E-state index contributed by atoms with van der Waals surface area (Å²) < 4.78 is 0.